The van der Waals surface area contributed by atoms with Crippen LogP contribution in [0.4, 0.5) is 0 Å². The first kappa shape index (κ1) is 11.3. The standard InChI is InChI=1S/C13H21N/c1-5-12-6-9(2)11(4)13(8-12)7-10(3)14/h6,8,10H,5,7,14H2,1-4H3. The van der Waals surface area contributed by atoms with E-state index in [-0.39, 0.29) is 6.04 Å². The van der Waals surface area contributed by atoms with Crippen LogP contribution >= 0.6 is 0 Å². The molecule has 0 aliphatic rings. The Kier molecular flexibility index (Phi) is 3.70. The smallest absolute Gasteiger partial charge is 0.00510 e. The Bertz CT molecular complexity index is 313. The Morgan fingerprint density at radius 2 is 1.93 bits per heavy atom. The summed E-state index contributed by atoms with van der Waals surface area (Å²) in [4.78, 5) is 0. The number of aryl methyl sites for hydroxylation is 2. The number of nitrogens with two attached hydrogens (primary N) is 1. The van der Waals surface area contributed by atoms with Crippen molar-refractivity contribution in [1.29, 1.82) is 0 Å². The molecule has 0 amide bonds. The van der Waals surface area contributed by atoms with Gasteiger partial charge in [-0.1, -0.05) is 19.1 Å². The molecule has 14 heavy (non-hydrogen) atoms. The normalized spacial score (nSPS) is 12.9. The first-order valence-corrected chi connectivity index (χ1v) is 5.39. The molecule has 1 aromatic carbocycles. The largest absolute Gasteiger partial charge is 0.328 e. The third kappa shape index (κ3) is 2.58. The van der Waals surface area contributed by atoms with Crippen molar-refractivity contribution >= 4 is 0 Å². The minimum atomic E-state index is 0.250. The molecule has 0 bridgehead atoms. The van der Waals surface area contributed by atoms with E-state index in [4.69, 9.17) is 5.73 Å². The van der Waals surface area contributed by atoms with Gasteiger partial charge in [-0.05, 0) is 55.9 Å². The quantitative estimate of drug-likeness (QED) is 0.781. The molecule has 0 saturated heterocycles. The lowest BCUT2D eigenvalue weighted by atomic mass is 9.95. The lowest BCUT2D eigenvalue weighted by Crippen LogP contribution is -2.18. The Hall–Kier alpha value is -0.820. The molecule has 1 unspecified atom stereocenters. The van der Waals surface area contributed by atoms with Crippen LogP contribution in [0, 0.1) is 13.8 Å². The van der Waals surface area contributed by atoms with Crippen LogP contribution in [-0.2, 0) is 12.8 Å². The van der Waals surface area contributed by atoms with E-state index in [1.807, 2.05) is 0 Å². The summed E-state index contributed by atoms with van der Waals surface area (Å²) in [7, 11) is 0. The van der Waals surface area contributed by atoms with Gasteiger partial charge >= 0.3 is 0 Å². The Morgan fingerprint density at radius 1 is 1.29 bits per heavy atom. The molecular weight excluding hydrogens is 170 g/mol. The second kappa shape index (κ2) is 4.61. The maximum absolute atomic E-state index is 5.83. The van der Waals surface area contributed by atoms with Gasteiger partial charge in [-0.3, -0.25) is 0 Å². The zero-order chi connectivity index (χ0) is 10.7. The number of rotatable bonds is 3. The van der Waals surface area contributed by atoms with Gasteiger partial charge in [-0.25, -0.2) is 0 Å². The average Bonchev–Trinajstić information content (AvgIpc) is 2.11. The predicted octanol–water partition coefficient (Wildman–Crippen LogP) is 2.76. The molecule has 0 saturated carbocycles. The van der Waals surface area contributed by atoms with E-state index in [1.54, 1.807) is 0 Å². The predicted molar refractivity (Wildman–Crippen MR) is 62.6 cm³/mol. The van der Waals surface area contributed by atoms with Crippen molar-refractivity contribution in [2.24, 2.45) is 5.73 Å². The highest BCUT2D eigenvalue weighted by atomic mass is 14.6. The molecule has 0 aliphatic heterocycles. The Labute approximate surface area is 87.3 Å². The monoisotopic (exact) mass is 191 g/mol. The van der Waals surface area contributed by atoms with Crippen LogP contribution in [0.25, 0.3) is 0 Å². The second-order valence-corrected chi connectivity index (χ2v) is 4.23. The van der Waals surface area contributed by atoms with Crippen molar-refractivity contribution in [3.05, 3.63) is 34.4 Å². The molecule has 0 fully saturated rings. The highest BCUT2D eigenvalue weighted by Crippen LogP contribution is 2.18. The lowest BCUT2D eigenvalue weighted by molar-refractivity contribution is 0.733. The summed E-state index contributed by atoms with van der Waals surface area (Å²) in [6, 6.07) is 4.83. The van der Waals surface area contributed by atoms with Crippen LogP contribution in [0.5, 0.6) is 0 Å². The van der Waals surface area contributed by atoms with E-state index in [9.17, 15) is 0 Å². The van der Waals surface area contributed by atoms with Crippen molar-refractivity contribution in [1.82, 2.24) is 0 Å². The summed E-state index contributed by atoms with van der Waals surface area (Å²) in [5.41, 5.74) is 11.5. The Balaban J connectivity index is 3.07. The zero-order valence-electron chi connectivity index (χ0n) is 9.72. The van der Waals surface area contributed by atoms with Crippen LogP contribution in [0.3, 0.4) is 0 Å². The first-order chi connectivity index (χ1) is 6.54. The fourth-order valence-corrected chi connectivity index (χ4v) is 1.78. The summed E-state index contributed by atoms with van der Waals surface area (Å²) < 4.78 is 0. The molecule has 0 spiro atoms. The van der Waals surface area contributed by atoms with Gasteiger partial charge < -0.3 is 5.73 Å². The van der Waals surface area contributed by atoms with E-state index >= 15 is 0 Å². The summed E-state index contributed by atoms with van der Waals surface area (Å²) >= 11 is 0. The maximum Gasteiger partial charge on any atom is 0.00510 e. The van der Waals surface area contributed by atoms with Gasteiger partial charge in [-0.15, -0.1) is 0 Å². The number of hydrogen-bond acceptors (Lipinski definition) is 1. The van der Waals surface area contributed by atoms with Gasteiger partial charge in [0.05, 0.1) is 0 Å². The molecule has 1 nitrogen and oxygen atoms in total. The zero-order valence-corrected chi connectivity index (χ0v) is 9.72. The third-order valence-corrected chi connectivity index (χ3v) is 2.78. The molecule has 2 N–H and O–H groups in total. The molecule has 0 aromatic heterocycles. The van der Waals surface area contributed by atoms with Crippen molar-refractivity contribution < 1.29 is 0 Å². The van der Waals surface area contributed by atoms with Crippen LogP contribution in [0.15, 0.2) is 12.1 Å². The van der Waals surface area contributed by atoms with Gasteiger partial charge in [0, 0.05) is 6.04 Å². The highest BCUT2D eigenvalue weighted by molar-refractivity contribution is 5.38. The maximum atomic E-state index is 5.83. The number of hydrogen-bond donors (Lipinski definition) is 1. The molecule has 0 aliphatic carbocycles. The van der Waals surface area contributed by atoms with E-state index < -0.39 is 0 Å². The minimum absolute atomic E-state index is 0.250. The second-order valence-electron chi connectivity index (χ2n) is 4.23. The molecule has 78 valence electrons. The summed E-state index contributed by atoms with van der Waals surface area (Å²) in [5, 5.41) is 0. The van der Waals surface area contributed by atoms with Gasteiger partial charge in [0.1, 0.15) is 0 Å². The van der Waals surface area contributed by atoms with E-state index in [0.717, 1.165) is 12.8 Å². The SMILES string of the molecule is CCc1cc(C)c(C)c(CC(C)N)c1. The van der Waals surface area contributed by atoms with Crippen LogP contribution in [0.1, 0.15) is 36.1 Å². The summed E-state index contributed by atoms with van der Waals surface area (Å²) in [5.74, 6) is 0. The average molecular weight is 191 g/mol. The summed E-state index contributed by atoms with van der Waals surface area (Å²) in [6.45, 7) is 8.62. The molecule has 0 heterocycles. The van der Waals surface area contributed by atoms with E-state index in [2.05, 4.69) is 39.8 Å². The van der Waals surface area contributed by atoms with Gasteiger partial charge in [0.15, 0.2) is 0 Å². The Morgan fingerprint density at radius 3 is 2.43 bits per heavy atom. The van der Waals surface area contributed by atoms with Crippen LogP contribution < -0.4 is 5.73 Å². The van der Waals surface area contributed by atoms with Gasteiger partial charge in [0.25, 0.3) is 0 Å². The first-order valence-electron chi connectivity index (χ1n) is 5.39. The third-order valence-electron chi connectivity index (χ3n) is 2.78. The molecule has 1 heteroatoms. The van der Waals surface area contributed by atoms with E-state index in [0.29, 0.717) is 0 Å². The van der Waals surface area contributed by atoms with Crippen molar-refractivity contribution in [2.45, 2.75) is 46.6 Å². The fourth-order valence-electron chi connectivity index (χ4n) is 1.78. The molecule has 0 radical (unpaired) electrons. The van der Waals surface area contributed by atoms with Gasteiger partial charge in [0.2, 0.25) is 0 Å². The summed E-state index contributed by atoms with van der Waals surface area (Å²) in [6.07, 6.45) is 2.09. The van der Waals surface area contributed by atoms with Crippen molar-refractivity contribution in [3.8, 4) is 0 Å². The molecule has 1 rings (SSSR count). The van der Waals surface area contributed by atoms with Crippen LogP contribution in [0.2, 0.25) is 0 Å². The molecular formula is C13H21N. The van der Waals surface area contributed by atoms with Crippen molar-refractivity contribution in [2.75, 3.05) is 0 Å². The minimum Gasteiger partial charge on any atom is -0.328 e. The van der Waals surface area contributed by atoms with Crippen molar-refractivity contribution in [3.63, 3.8) is 0 Å². The molecule has 1 aromatic rings. The number of benzene rings is 1. The van der Waals surface area contributed by atoms with Gasteiger partial charge in [-0.2, -0.15) is 0 Å². The molecule has 1 atom stereocenters. The lowest BCUT2D eigenvalue weighted by Gasteiger charge is -2.13. The topological polar surface area (TPSA) is 26.0 Å². The van der Waals surface area contributed by atoms with Crippen LogP contribution in [-0.4, -0.2) is 6.04 Å². The highest BCUT2D eigenvalue weighted by Gasteiger charge is 2.05. The van der Waals surface area contributed by atoms with E-state index in [1.165, 1.54) is 22.3 Å². The fraction of sp³-hybridized carbons (Fsp3) is 0.538.